The van der Waals surface area contributed by atoms with Crippen molar-refractivity contribution in [2.75, 3.05) is 19.6 Å². The molecule has 1 unspecified atom stereocenters. The summed E-state index contributed by atoms with van der Waals surface area (Å²) in [7, 11) is 0. The number of nitrogens with zero attached hydrogens (tertiary/aromatic N) is 1. The molecular formula is C18H23N3O2S. The van der Waals surface area contributed by atoms with Crippen molar-refractivity contribution in [3.63, 3.8) is 0 Å². The number of likely N-dealkylation sites (tertiary alicyclic amines) is 1. The number of hydrogen-bond acceptors (Lipinski definition) is 4. The van der Waals surface area contributed by atoms with Gasteiger partial charge in [0.1, 0.15) is 0 Å². The van der Waals surface area contributed by atoms with E-state index in [1.807, 2.05) is 0 Å². The second kappa shape index (κ2) is 8.26. The highest BCUT2D eigenvalue weighted by Crippen LogP contribution is 2.27. The van der Waals surface area contributed by atoms with Crippen molar-refractivity contribution in [2.24, 2.45) is 0 Å². The third-order valence-electron chi connectivity index (χ3n) is 4.46. The molecule has 3 rings (SSSR count). The van der Waals surface area contributed by atoms with Gasteiger partial charge in [-0.2, -0.15) is 0 Å². The highest BCUT2D eigenvalue weighted by Gasteiger charge is 2.23. The van der Waals surface area contributed by atoms with Crippen LogP contribution in [0.4, 0.5) is 0 Å². The number of amides is 1. The highest BCUT2D eigenvalue weighted by atomic mass is 32.1. The third-order valence-corrected chi connectivity index (χ3v) is 5.43. The van der Waals surface area contributed by atoms with Crippen LogP contribution in [0.3, 0.4) is 0 Å². The van der Waals surface area contributed by atoms with Gasteiger partial charge in [-0.05, 0) is 43.4 Å². The molecule has 0 spiro atoms. The fraction of sp³-hybridized carbons (Fsp3) is 0.444. The van der Waals surface area contributed by atoms with Crippen LogP contribution in [0.25, 0.3) is 0 Å². The van der Waals surface area contributed by atoms with Crippen LogP contribution in [-0.4, -0.2) is 35.4 Å². The zero-order valence-electron chi connectivity index (χ0n) is 13.7. The van der Waals surface area contributed by atoms with Crippen LogP contribution in [0.5, 0.6) is 0 Å². The molecule has 1 aliphatic rings. The summed E-state index contributed by atoms with van der Waals surface area (Å²) in [5.41, 5.74) is 0.281. The molecule has 1 saturated heterocycles. The highest BCUT2D eigenvalue weighted by molar-refractivity contribution is 7.10. The van der Waals surface area contributed by atoms with Gasteiger partial charge < -0.3 is 10.3 Å². The average molecular weight is 345 g/mol. The van der Waals surface area contributed by atoms with Crippen molar-refractivity contribution in [1.29, 1.82) is 0 Å². The van der Waals surface area contributed by atoms with Crippen molar-refractivity contribution in [3.8, 4) is 0 Å². The van der Waals surface area contributed by atoms with Gasteiger partial charge in [-0.25, -0.2) is 0 Å². The minimum absolute atomic E-state index is 0.150. The first kappa shape index (κ1) is 16.9. The quantitative estimate of drug-likeness (QED) is 0.876. The van der Waals surface area contributed by atoms with Gasteiger partial charge in [0, 0.05) is 23.7 Å². The normalized spacial score (nSPS) is 17.2. The Morgan fingerprint density at radius 2 is 2.00 bits per heavy atom. The molecule has 2 aromatic rings. The lowest BCUT2D eigenvalue weighted by Gasteiger charge is -2.30. The maximum atomic E-state index is 12.3. The molecule has 0 saturated carbocycles. The van der Waals surface area contributed by atoms with Crippen molar-refractivity contribution >= 4 is 17.2 Å². The summed E-state index contributed by atoms with van der Waals surface area (Å²) < 4.78 is 0. The minimum Gasteiger partial charge on any atom is -0.350 e. The van der Waals surface area contributed by atoms with E-state index in [4.69, 9.17) is 0 Å². The molecule has 1 fully saturated rings. The number of pyridine rings is 1. The summed E-state index contributed by atoms with van der Waals surface area (Å²) in [6.07, 6.45) is 6.48. The van der Waals surface area contributed by atoms with Gasteiger partial charge >= 0.3 is 0 Å². The third kappa shape index (κ3) is 4.33. The number of nitrogens with one attached hydrogen (secondary N) is 2. The zero-order chi connectivity index (χ0) is 16.8. The lowest BCUT2D eigenvalue weighted by molar-refractivity contribution is 0.0933. The first-order valence-corrected chi connectivity index (χ1v) is 9.36. The van der Waals surface area contributed by atoms with E-state index in [9.17, 15) is 9.59 Å². The molecule has 0 aromatic carbocycles. The standard InChI is InChI=1S/C18H23N3O2S/c22-17-8-7-14(12-19-17)18(23)20-13-15(16-6-5-11-24-16)21-9-3-1-2-4-10-21/h5-8,11-12,15H,1-4,9-10,13H2,(H,19,22)(H,20,23). The maximum Gasteiger partial charge on any atom is 0.252 e. The number of hydrogen-bond donors (Lipinski definition) is 2. The van der Waals surface area contributed by atoms with E-state index in [1.54, 1.807) is 17.4 Å². The Morgan fingerprint density at radius 1 is 1.21 bits per heavy atom. The van der Waals surface area contributed by atoms with Crippen molar-refractivity contribution in [3.05, 3.63) is 56.6 Å². The summed E-state index contributed by atoms with van der Waals surface area (Å²) in [4.78, 5) is 29.8. The van der Waals surface area contributed by atoms with Gasteiger partial charge in [-0.3, -0.25) is 14.5 Å². The van der Waals surface area contributed by atoms with Gasteiger partial charge in [0.2, 0.25) is 5.56 Å². The van der Waals surface area contributed by atoms with Gasteiger partial charge in [0.15, 0.2) is 0 Å². The molecule has 3 heterocycles. The number of carbonyl (C=O) groups excluding carboxylic acids is 1. The van der Waals surface area contributed by atoms with Crippen LogP contribution in [0.15, 0.2) is 40.6 Å². The van der Waals surface area contributed by atoms with Crippen molar-refractivity contribution in [2.45, 2.75) is 31.7 Å². The molecule has 128 valence electrons. The van der Waals surface area contributed by atoms with Crippen LogP contribution in [-0.2, 0) is 0 Å². The predicted octanol–water partition coefficient (Wildman–Crippen LogP) is 2.78. The summed E-state index contributed by atoms with van der Waals surface area (Å²) in [6, 6.07) is 7.36. The number of rotatable bonds is 5. The van der Waals surface area contributed by atoms with E-state index >= 15 is 0 Å². The molecule has 1 amide bonds. The Hall–Kier alpha value is -1.92. The summed E-state index contributed by atoms with van der Waals surface area (Å²) in [5.74, 6) is -0.150. The molecule has 0 aliphatic carbocycles. The Kier molecular flexibility index (Phi) is 5.82. The first-order valence-electron chi connectivity index (χ1n) is 8.48. The number of H-pyrrole nitrogens is 1. The SMILES string of the molecule is O=C(NCC(c1cccs1)N1CCCCCC1)c1ccc(=O)[nH]c1. The zero-order valence-corrected chi connectivity index (χ0v) is 14.5. The molecule has 6 heteroatoms. The van der Waals surface area contributed by atoms with Crippen molar-refractivity contribution in [1.82, 2.24) is 15.2 Å². The average Bonchev–Trinajstić information content (AvgIpc) is 2.98. The van der Waals surface area contributed by atoms with Gasteiger partial charge in [-0.15, -0.1) is 11.3 Å². The van der Waals surface area contributed by atoms with E-state index < -0.39 is 0 Å². The summed E-state index contributed by atoms with van der Waals surface area (Å²) in [6.45, 7) is 2.74. The number of carbonyl (C=O) groups is 1. The molecule has 0 bridgehead atoms. The number of aromatic nitrogens is 1. The lowest BCUT2D eigenvalue weighted by Crippen LogP contribution is -2.38. The van der Waals surface area contributed by atoms with E-state index in [2.05, 4.69) is 32.7 Å². The van der Waals surface area contributed by atoms with Crippen molar-refractivity contribution < 1.29 is 4.79 Å². The Labute approximate surface area is 145 Å². The number of thiophene rings is 1. The van der Waals surface area contributed by atoms with Gasteiger partial charge in [0.05, 0.1) is 11.6 Å². The Balaban J connectivity index is 1.68. The maximum absolute atomic E-state index is 12.3. The Morgan fingerprint density at radius 3 is 2.62 bits per heavy atom. The second-order valence-electron chi connectivity index (χ2n) is 6.13. The summed E-state index contributed by atoms with van der Waals surface area (Å²) in [5, 5.41) is 5.12. The van der Waals surface area contributed by atoms with E-state index in [1.165, 1.54) is 42.8 Å². The molecule has 1 atom stereocenters. The molecule has 24 heavy (non-hydrogen) atoms. The molecule has 0 radical (unpaired) electrons. The lowest BCUT2D eigenvalue weighted by atomic mass is 10.1. The molecule has 5 nitrogen and oxygen atoms in total. The Bertz CT molecular complexity index is 683. The smallest absolute Gasteiger partial charge is 0.252 e. The van der Waals surface area contributed by atoms with E-state index in [-0.39, 0.29) is 17.5 Å². The van der Waals surface area contributed by atoms with E-state index in [0.717, 1.165) is 13.1 Å². The van der Waals surface area contributed by atoms with Crippen LogP contribution in [0.2, 0.25) is 0 Å². The predicted molar refractivity (Wildman–Crippen MR) is 96.5 cm³/mol. The van der Waals surface area contributed by atoms with Crippen LogP contribution >= 0.6 is 11.3 Å². The van der Waals surface area contributed by atoms with Gasteiger partial charge in [-0.1, -0.05) is 18.9 Å². The molecule has 2 N–H and O–H groups in total. The van der Waals surface area contributed by atoms with Crippen LogP contribution in [0.1, 0.15) is 47.0 Å². The molecule has 2 aromatic heterocycles. The summed E-state index contributed by atoms with van der Waals surface area (Å²) >= 11 is 1.74. The first-order chi connectivity index (χ1) is 11.7. The fourth-order valence-corrected chi connectivity index (χ4v) is 4.00. The minimum atomic E-state index is -0.201. The largest absolute Gasteiger partial charge is 0.350 e. The second-order valence-corrected chi connectivity index (χ2v) is 7.11. The molecule has 1 aliphatic heterocycles. The topological polar surface area (TPSA) is 65.2 Å². The monoisotopic (exact) mass is 345 g/mol. The van der Waals surface area contributed by atoms with Crippen LogP contribution < -0.4 is 10.9 Å². The van der Waals surface area contributed by atoms with E-state index in [0.29, 0.717) is 12.1 Å². The van der Waals surface area contributed by atoms with Gasteiger partial charge in [0.25, 0.3) is 5.91 Å². The molecular weight excluding hydrogens is 322 g/mol. The number of aromatic amines is 1. The fourth-order valence-electron chi connectivity index (χ4n) is 3.14. The van der Waals surface area contributed by atoms with Crippen LogP contribution in [0, 0.1) is 0 Å².